The van der Waals surface area contributed by atoms with Gasteiger partial charge in [-0.3, -0.25) is 0 Å². The first-order valence-corrected chi connectivity index (χ1v) is 9.67. The van der Waals surface area contributed by atoms with Crippen molar-refractivity contribution in [1.29, 1.82) is 0 Å². The fourth-order valence-corrected chi connectivity index (χ4v) is 5.10. The topological polar surface area (TPSA) is 85.3 Å². The van der Waals surface area contributed by atoms with Crippen molar-refractivity contribution in [2.24, 2.45) is 5.73 Å². The summed E-state index contributed by atoms with van der Waals surface area (Å²) in [6.07, 6.45) is 1.62. The molecule has 2 aromatic rings. The SMILES string of the molecule is CCCC(NS(=O)(=O)c1cc(CN)oc1Br)c1cccs1. The Morgan fingerprint density at radius 1 is 1.52 bits per heavy atom. The van der Waals surface area contributed by atoms with Crippen molar-refractivity contribution in [3.63, 3.8) is 0 Å². The molecule has 0 amide bonds. The summed E-state index contributed by atoms with van der Waals surface area (Å²) in [5.41, 5.74) is 5.47. The Morgan fingerprint density at radius 3 is 2.81 bits per heavy atom. The van der Waals surface area contributed by atoms with E-state index >= 15 is 0 Å². The third-order valence-electron chi connectivity index (χ3n) is 2.96. The van der Waals surface area contributed by atoms with Crippen LogP contribution in [0.2, 0.25) is 0 Å². The van der Waals surface area contributed by atoms with Crippen LogP contribution in [0, 0.1) is 0 Å². The Labute approximate surface area is 136 Å². The normalized spacial score (nSPS) is 13.5. The number of sulfonamides is 1. The highest BCUT2D eigenvalue weighted by Crippen LogP contribution is 2.29. The van der Waals surface area contributed by atoms with Gasteiger partial charge in [-0.2, -0.15) is 0 Å². The Kier molecular flexibility index (Phi) is 5.61. The van der Waals surface area contributed by atoms with E-state index in [1.165, 1.54) is 17.4 Å². The Hall–Kier alpha value is -0.670. The Morgan fingerprint density at radius 2 is 2.29 bits per heavy atom. The van der Waals surface area contributed by atoms with Gasteiger partial charge in [0.05, 0.1) is 12.6 Å². The van der Waals surface area contributed by atoms with Crippen LogP contribution in [0.15, 0.2) is 37.6 Å². The first kappa shape index (κ1) is 16.7. The maximum Gasteiger partial charge on any atom is 0.245 e. The van der Waals surface area contributed by atoms with Crippen molar-refractivity contribution in [1.82, 2.24) is 4.72 Å². The minimum Gasteiger partial charge on any atom is -0.452 e. The lowest BCUT2D eigenvalue weighted by molar-refractivity contribution is 0.482. The molecule has 3 N–H and O–H groups in total. The van der Waals surface area contributed by atoms with Crippen LogP contribution in [0.3, 0.4) is 0 Å². The summed E-state index contributed by atoms with van der Waals surface area (Å²) in [7, 11) is -3.67. The number of hydrogen-bond donors (Lipinski definition) is 2. The van der Waals surface area contributed by atoms with E-state index in [1.807, 2.05) is 24.4 Å². The fraction of sp³-hybridized carbons (Fsp3) is 0.385. The van der Waals surface area contributed by atoms with Crippen molar-refractivity contribution in [2.45, 2.75) is 37.2 Å². The van der Waals surface area contributed by atoms with Crippen LogP contribution >= 0.6 is 27.3 Å². The summed E-state index contributed by atoms with van der Waals surface area (Å²) in [4.78, 5) is 1.08. The van der Waals surface area contributed by atoms with E-state index in [1.54, 1.807) is 0 Å². The predicted octanol–water partition coefficient (Wildman–Crippen LogP) is 3.38. The van der Waals surface area contributed by atoms with Crippen molar-refractivity contribution >= 4 is 37.3 Å². The molecule has 1 unspecified atom stereocenters. The van der Waals surface area contributed by atoms with Gasteiger partial charge < -0.3 is 10.2 Å². The van der Waals surface area contributed by atoms with Crippen LogP contribution in [0.5, 0.6) is 0 Å². The van der Waals surface area contributed by atoms with Gasteiger partial charge in [-0.05, 0) is 33.8 Å². The average molecular weight is 393 g/mol. The second-order valence-electron chi connectivity index (χ2n) is 4.53. The average Bonchev–Trinajstić information content (AvgIpc) is 3.07. The summed E-state index contributed by atoms with van der Waals surface area (Å²) in [6, 6.07) is 5.06. The molecule has 2 rings (SSSR count). The van der Waals surface area contributed by atoms with Crippen molar-refractivity contribution in [3.8, 4) is 0 Å². The fourth-order valence-electron chi connectivity index (χ4n) is 1.97. The third-order valence-corrected chi connectivity index (χ3v) is 6.27. The van der Waals surface area contributed by atoms with Crippen LogP contribution < -0.4 is 10.5 Å². The summed E-state index contributed by atoms with van der Waals surface area (Å²) in [5.74, 6) is 0.422. The highest BCUT2D eigenvalue weighted by Gasteiger charge is 2.26. The lowest BCUT2D eigenvalue weighted by atomic mass is 10.1. The standard InChI is InChI=1S/C13H17BrN2O3S2/c1-2-4-10(11-5-3-6-20-11)16-21(17,18)12-7-9(8-15)19-13(12)14/h3,5-7,10,16H,2,4,8,15H2,1H3. The van der Waals surface area contributed by atoms with E-state index in [0.717, 1.165) is 17.7 Å². The van der Waals surface area contributed by atoms with Gasteiger partial charge in [-0.15, -0.1) is 11.3 Å². The van der Waals surface area contributed by atoms with Gasteiger partial charge in [-0.1, -0.05) is 19.4 Å². The molecule has 0 bridgehead atoms. The zero-order valence-electron chi connectivity index (χ0n) is 11.5. The molecule has 0 aromatic carbocycles. The largest absolute Gasteiger partial charge is 0.452 e. The molecule has 0 aliphatic rings. The van der Waals surface area contributed by atoms with Gasteiger partial charge in [-0.25, -0.2) is 13.1 Å². The maximum atomic E-state index is 12.5. The molecule has 0 spiro atoms. The van der Waals surface area contributed by atoms with Crippen molar-refractivity contribution < 1.29 is 12.8 Å². The highest BCUT2D eigenvalue weighted by molar-refractivity contribution is 9.10. The summed E-state index contributed by atoms with van der Waals surface area (Å²) >= 11 is 4.67. The molecule has 0 saturated heterocycles. The second-order valence-corrected chi connectivity index (χ2v) is 7.91. The molecule has 0 aliphatic heterocycles. The molecule has 2 heterocycles. The number of hydrogen-bond acceptors (Lipinski definition) is 5. The summed E-state index contributed by atoms with van der Waals surface area (Å²) < 4.78 is 33.2. The predicted molar refractivity (Wildman–Crippen MR) is 86.6 cm³/mol. The van der Waals surface area contributed by atoms with E-state index in [0.29, 0.717) is 5.76 Å². The van der Waals surface area contributed by atoms with Crippen LogP contribution in [-0.2, 0) is 16.6 Å². The Bertz CT molecular complexity index is 680. The molecule has 1 atom stereocenters. The number of furan rings is 1. The molecule has 8 heteroatoms. The Balaban J connectivity index is 2.28. The second kappa shape index (κ2) is 7.06. The summed E-state index contributed by atoms with van der Waals surface area (Å²) in [6.45, 7) is 2.17. The van der Waals surface area contributed by atoms with E-state index in [-0.39, 0.29) is 22.2 Å². The minimum atomic E-state index is -3.67. The zero-order valence-corrected chi connectivity index (χ0v) is 14.7. The van der Waals surface area contributed by atoms with Crippen LogP contribution in [0.1, 0.15) is 36.4 Å². The summed E-state index contributed by atoms with van der Waals surface area (Å²) in [5, 5.41) is 1.94. The van der Waals surface area contributed by atoms with Gasteiger partial charge in [0, 0.05) is 10.9 Å². The lowest BCUT2D eigenvalue weighted by Crippen LogP contribution is -2.28. The van der Waals surface area contributed by atoms with Gasteiger partial charge in [0.25, 0.3) is 0 Å². The lowest BCUT2D eigenvalue weighted by Gasteiger charge is -2.16. The highest BCUT2D eigenvalue weighted by atomic mass is 79.9. The van der Waals surface area contributed by atoms with Gasteiger partial charge >= 0.3 is 0 Å². The number of rotatable bonds is 7. The molecular weight excluding hydrogens is 376 g/mol. The van der Waals surface area contributed by atoms with E-state index in [2.05, 4.69) is 20.7 Å². The monoisotopic (exact) mass is 392 g/mol. The van der Waals surface area contributed by atoms with Crippen molar-refractivity contribution in [3.05, 3.63) is 38.9 Å². The van der Waals surface area contributed by atoms with Gasteiger partial charge in [0.15, 0.2) is 4.67 Å². The number of nitrogens with one attached hydrogen (secondary N) is 1. The smallest absolute Gasteiger partial charge is 0.245 e. The van der Waals surface area contributed by atoms with Crippen LogP contribution in [0.4, 0.5) is 0 Å². The molecule has 116 valence electrons. The number of nitrogens with two attached hydrogens (primary N) is 1. The first-order valence-electron chi connectivity index (χ1n) is 6.52. The molecule has 2 aromatic heterocycles. The molecule has 5 nitrogen and oxygen atoms in total. The third kappa shape index (κ3) is 3.95. The maximum absolute atomic E-state index is 12.5. The quantitative estimate of drug-likeness (QED) is 0.755. The molecule has 0 radical (unpaired) electrons. The van der Waals surface area contributed by atoms with E-state index in [4.69, 9.17) is 10.2 Å². The van der Waals surface area contributed by atoms with E-state index in [9.17, 15) is 8.42 Å². The van der Waals surface area contributed by atoms with Crippen molar-refractivity contribution in [2.75, 3.05) is 0 Å². The molecule has 0 aliphatic carbocycles. The number of halogens is 1. The van der Waals surface area contributed by atoms with Crippen LogP contribution in [-0.4, -0.2) is 8.42 Å². The zero-order chi connectivity index (χ0) is 15.5. The minimum absolute atomic E-state index is 0.0839. The van der Waals surface area contributed by atoms with Crippen LogP contribution in [0.25, 0.3) is 0 Å². The molecule has 0 saturated carbocycles. The molecular formula is C13H17BrN2O3S2. The molecule has 0 fully saturated rings. The van der Waals surface area contributed by atoms with Gasteiger partial charge in [0.2, 0.25) is 10.0 Å². The van der Waals surface area contributed by atoms with E-state index < -0.39 is 10.0 Å². The first-order chi connectivity index (χ1) is 9.97. The molecule has 21 heavy (non-hydrogen) atoms. The number of thiophene rings is 1. The van der Waals surface area contributed by atoms with Gasteiger partial charge in [0.1, 0.15) is 10.7 Å².